The smallest absolute Gasteiger partial charge is 0.338 e. The van der Waals surface area contributed by atoms with E-state index >= 15 is 0 Å². The van der Waals surface area contributed by atoms with Crippen molar-refractivity contribution in [2.75, 3.05) is 6.61 Å². The van der Waals surface area contributed by atoms with Gasteiger partial charge in [0, 0.05) is 0 Å². The quantitative estimate of drug-likeness (QED) is 0.196. The van der Waals surface area contributed by atoms with Crippen molar-refractivity contribution in [3.63, 3.8) is 0 Å². The summed E-state index contributed by atoms with van der Waals surface area (Å²) in [6.07, 6.45) is 9.35. The number of carboxylic acids is 1. The van der Waals surface area contributed by atoms with Gasteiger partial charge in [-0.15, -0.1) is 0 Å². The van der Waals surface area contributed by atoms with E-state index in [0.29, 0.717) is 12.0 Å². The van der Waals surface area contributed by atoms with Gasteiger partial charge in [-0.25, -0.2) is 9.59 Å². The molecule has 202 valence electrons. The molecule has 38 heavy (non-hydrogen) atoms. The number of carbonyl (C=O) groups excluding carboxylic acids is 2. The zero-order valence-electron chi connectivity index (χ0n) is 22.1. The monoisotopic (exact) mass is 519 g/mol. The lowest BCUT2D eigenvalue weighted by molar-refractivity contribution is -0.171. The minimum absolute atomic E-state index is 0.135. The Morgan fingerprint density at radius 3 is 2.29 bits per heavy atom. The number of fused-ring (bicyclic) bond motifs is 1. The minimum Gasteiger partial charge on any atom is -0.479 e. The van der Waals surface area contributed by atoms with E-state index in [1.165, 1.54) is 34.9 Å². The Hall–Kier alpha value is -3.61. The van der Waals surface area contributed by atoms with Crippen LogP contribution in [0.15, 0.2) is 66.4 Å². The zero-order chi connectivity index (χ0) is 27.0. The highest BCUT2D eigenvalue weighted by atomic mass is 16.5. The lowest BCUT2D eigenvalue weighted by Crippen LogP contribution is -2.62. The van der Waals surface area contributed by atoms with Gasteiger partial charge < -0.3 is 14.6 Å². The third kappa shape index (κ3) is 6.09. The summed E-state index contributed by atoms with van der Waals surface area (Å²) < 4.78 is 11.2. The van der Waals surface area contributed by atoms with Gasteiger partial charge in [0.1, 0.15) is 12.4 Å². The highest BCUT2D eigenvalue weighted by molar-refractivity contribution is 5.94. The van der Waals surface area contributed by atoms with Crippen LogP contribution in [-0.4, -0.2) is 46.2 Å². The molecule has 2 heterocycles. The first-order chi connectivity index (χ1) is 18.5. The van der Waals surface area contributed by atoms with Gasteiger partial charge in [-0.1, -0.05) is 75.1 Å². The summed E-state index contributed by atoms with van der Waals surface area (Å²) in [5, 5.41) is 10.3. The van der Waals surface area contributed by atoms with Crippen molar-refractivity contribution in [2.45, 2.75) is 82.9 Å². The largest absolute Gasteiger partial charge is 0.479 e. The second kappa shape index (κ2) is 12.8. The van der Waals surface area contributed by atoms with Crippen LogP contribution in [0.5, 0.6) is 0 Å². The van der Waals surface area contributed by atoms with E-state index in [-0.39, 0.29) is 31.1 Å². The Bertz CT molecular complexity index is 1140. The third-order valence-electron chi connectivity index (χ3n) is 7.43. The summed E-state index contributed by atoms with van der Waals surface area (Å²) in [5.74, 6) is -1.66. The minimum atomic E-state index is -1.55. The number of carbonyl (C=O) groups is 3. The summed E-state index contributed by atoms with van der Waals surface area (Å²) in [6.45, 7) is 2.07. The summed E-state index contributed by atoms with van der Waals surface area (Å²) in [6, 6.07) is 17.4. The van der Waals surface area contributed by atoms with E-state index < -0.39 is 23.7 Å². The third-order valence-corrected chi connectivity index (χ3v) is 7.43. The van der Waals surface area contributed by atoms with Gasteiger partial charge >= 0.3 is 11.9 Å². The fourth-order valence-corrected chi connectivity index (χ4v) is 5.25. The molecule has 2 aromatic carbocycles. The van der Waals surface area contributed by atoms with Crippen molar-refractivity contribution in [1.29, 1.82) is 0 Å². The molecule has 0 aromatic heterocycles. The fraction of sp³-hybridized carbons (Fsp3) is 0.452. The van der Waals surface area contributed by atoms with Crippen molar-refractivity contribution in [1.82, 2.24) is 4.90 Å². The van der Waals surface area contributed by atoms with E-state index in [1.54, 1.807) is 30.3 Å². The summed E-state index contributed by atoms with van der Waals surface area (Å²) in [4.78, 5) is 38.6. The average molecular weight is 520 g/mol. The van der Waals surface area contributed by atoms with E-state index in [1.807, 2.05) is 0 Å². The van der Waals surface area contributed by atoms with Crippen LogP contribution in [-0.2, 0) is 31.9 Å². The molecule has 4 rings (SSSR count). The molecule has 2 atom stereocenters. The van der Waals surface area contributed by atoms with Crippen molar-refractivity contribution < 1.29 is 29.0 Å². The van der Waals surface area contributed by atoms with Crippen molar-refractivity contribution in [3.8, 4) is 0 Å². The van der Waals surface area contributed by atoms with E-state index in [4.69, 9.17) is 9.47 Å². The molecule has 2 aliphatic heterocycles. The molecule has 0 unspecified atom stereocenters. The van der Waals surface area contributed by atoms with Crippen LogP contribution in [0.4, 0.5) is 0 Å². The Morgan fingerprint density at radius 2 is 1.66 bits per heavy atom. The van der Waals surface area contributed by atoms with Crippen LogP contribution in [0, 0.1) is 0 Å². The van der Waals surface area contributed by atoms with E-state index in [9.17, 15) is 19.5 Å². The number of aliphatic carboxylic acids is 1. The molecule has 7 nitrogen and oxygen atoms in total. The first-order valence-corrected chi connectivity index (χ1v) is 13.7. The molecule has 2 fully saturated rings. The molecule has 7 heteroatoms. The number of amides is 1. The Labute approximate surface area is 224 Å². The van der Waals surface area contributed by atoms with Crippen molar-refractivity contribution in [2.24, 2.45) is 0 Å². The predicted molar refractivity (Wildman–Crippen MR) is 143 cm³/mol. The first-order valence-electron chi connectivity index (χ1n) is 13.7. The number of carboxylic acid groups (broad SMARTS) is 1. The molecular formula is C31H37NO6. The number of hydrogen-bond acceptors (Lipinski definition) is 5. The number of unbranched alkanes of at least 4 members (excludes halogenated alkanes) is 4. The molecule has 0 bridgehead atoms. The Balaban J connectivity index is 1.30. The van der Waals surface area contributed by atoms with Gasteiger partial charge in [0.2, 0.25) is 11.4 Å². The van der Waals surface area contributed by atoms with Crippen molar-refractivity contribution in [3.05, 3.63) is 83.1 Å². The topological polar surface area (TPSA) is 93.1 Å². The molecule has 1 amide bonds. The van der Waals surface area contributed by atoms with Crippen LogP contribution in [0.25, 0.3) is 0 Å². The van der Waals surface area contributed by atoms with Gasteiger partial charge in [0.15, 0.2) is 6.23 Å². The highest BCUT2D eigenvalue weighted by Gasteiger charge is 2.64. The SMILES string of the molecule is CCCCc1ccc(CCCCCC[C@]2(C(=O)O)/C(=C/COC(=O)c3ccccc3)O[C@@H]3CC(=O)N32)cc1. The summed E-state index contributed by atoms with van der Waals surface area (Å²) >= 11 is 0. The molecule has 2 aliphatic rings. The molecule has 0 aliphatic carbocycles. The first kappa shape index (κ1) is 27.4. The average Bonchev–Trinajstić information content (AvgIpc) is 3.18. The van der Waals surface area contributed by atoms with Gasteiger partial charge in [0.25, 0.3) is 0 Å². The van der Waals surface area contributed by atoms with Crippen LogP contribution in [0.3, 0.4) is 0 Å². The maximum absolute atomic E-state index is 12.6. The maximum atomic E-state index is 12.6. The molecule has 2 aromatic rings. The van der Waals surface area contributed by atoms with Crippen molar-refractivity contribution >= 4 is 17.8 Å². The number of hydrogen-bond donors (Lipinski definition) is 1. The maximum Gasteiger partial charge on any atom is 0.338 e. The number of aryl methyl sites for hydroxylation is 2. The van der Waals surface area contributed by atoms with Gasteiger partial charge in [-0.3, -0.25) is 9.69 Å². The fourth-order valence-electron chi connectivity index (χ4n) is 5.25. The van der Waals surface area contributed by atoms with E-state index in [2.05, 4.69) is 31.2 Å². The zero-order valence-corrected chi connectivity index (χ0v) is 22.1. The summed E-state index contributed by atoms with van der Waals surface area (Å²) in [5.41, 5.74) is 1.56. The number of esters is 1. The lowest BCUT2D eigenvalue weighted by Gasteiger charge is -2.40. The normalized spacial score (nSPS) is 21.1. The van der Waals surface area contributed by atoms with Crippen LogP contribution >= 0.6 is 0 Å². The number of ether oxygens (including phenoxy) is 2. The number of β-lactam (4-membered cyclic amide) rings is 1. The molecule has 0 saturated carbocycles. The Morgan fingerprint density at radius 1 is 1.00 bits per heavy atom. The second-order valence-corrected chi connectivity index (χ2v) is 10.1. The molecule has 1 N–H and O–H groups in total. The predicted octanol–water partition coefficient (Wildman–Crippen LogP) is 5.68. The van der Waals surface area contributed by atoms with Crippen LogP contribution < -0.4 is 0 Å². The number of nitrogens with zero attached hydrogens (tertiary/aromatic N) is 1. The molecule has 0 spiro atoms. The number of rotatable bonds is 14. The standard InChI is InChI=1S/C31H37NO6/c1-2-3-11-23-15-17-24(18-16-23)12-7-4-5-10-20-31(30(35)36)26(38-28-22-27(33)32(28)31)19-21-37-29(34)25-13-8-6-9-14-25/h6,8-9,13-19,28H,2-5,7,10-12,20-22H2,1H3,(H,35,36)/b26-19-/t28-,31-/m1/s1. The lowest BCUT2D eigenvalue weighted by atomic mass is 9.86. The molecular weight excluding hydrogens is 482 g/mol. The van der Waals surface area contributed by atoms with E-state index in [0.717, 1.165) is 32.1 Å². The van der Waals surface area contributed by atoms with Gasteiger partial charge in [-0.05, 0) is 61.4 Å². The molecule has 2 saturated heterocycles. The highest BCUT2D eigenvalue weighted by Crippen LogP contribution is 2.47. The van der Waals surface area contributed by atoms with Crippen LogP contribution in [0.1, 0.15) is 79.8 Å². The Kier molecular flexibility index (Phi) is 9.21. The van der Waals surface area contributed by atoms with Gasteiger partial charge in [-0.2, -0.15) is 0 Å². The number of benzene rings is 2. The van der Waals surface area contributed by atoms with Crippen LogP contribution in [0.2, 0.25) is 0 Å². The van der Waals surface area contributed by atoms with Gasteiger partial charge in [0.05, 0.1) is 12.0 Å². The molecule has 0 radical (unpaired) electrons. The summed E-state index contributed by atoms with van der Waals surface area (Å²) in [7, 11) is 0. The second-order valence-electron chi connectivity index (χ2n) is 10.1.